The lowest BCUT2D eigenvalue weighted by atomic mass is 10.4. The molecular formula is C13H24Si. The average Bonchev–Trinajstić information content (AvgIpc) is 2.02. The minimum Gasteiger partial charge on any atom is -0.0988 e. The highest BCUT2D eigenvalue weighted by atomic mass is 28.3. The van der Waals surface area contributed by atoms with E-state index in [0.29, 0.717) is 0 Å². The lowest BCUT2D eigenvalue weighted by molar-refractivity contribution is 1.42. The van der Waals surface area contributed by atoms with E-state index in [2.05, 4.69) is 46.0 Å². The molecule has 0 atom stereocenters. The van der Waals surface area contributed by atoms with Crippen LogP contribution >= 0.6 is 0 Å². The Labute approximate surface area is 90.7 Å². The van der Waals surface area contributed by atoms with Crippen LogP contribution in [0.5, 0.6) is 0 Å². The lowest BCUT2D eigenvalue weighted by Gasteiger charge is -2.14. The fourth-order valence-corrected chi connectivity index (χ4v) is 2.26. The molecule has 0 saturated carbocycles. The molecule has 0 aliphatic carbocycles. The maximum Gasteiger partial charge on any atom is 0.0486 e. The van der Waals surface area contributed by atoms with E-state index in [0.717, 1.165) is 5.57 Å². The zero-order chi connectivity index (χ0) is 11.8. The van der Waals surface area contributed by atoms with Crippen LogP contribution in [-0.4, -0.2) is 8.07 Å². The van der Waals surface area contributed by atoms with E-state index < -0.39 is 8.07 Å². The molecule has 0 unspecified atom stereocenters. The molecule has 1 heteroatoms. The van der Waals surface area contributed by atoms with E-state index in [1.54, 1.807) is 6.08 Å². The number of allylic oxidation sites excluding steroid dienone is 4. The van der Waals surface area contributed by atoms with Crippen LogP contribution in [0.4, 0.5) is 0 Å². The van der Waals surface area contributed by atoms with Gasteiger partial charge in [0.2, 0.25) is 0 Å². The highest BCUT2D eigenvalue weighted by Gasteiger charge is 2.12. The summed E-state index contributed by atoms with van der Waals surface area (Å²) in [6, 6.07) is 1.18. The third kappa shape index (κ3) is 17.3. The monoisotopic (exact) mass is 208 g/mol. The average molecular weight is 208 g/mol. The molecule has 0 aromatic rings. The first kappa shape index (κ1) is 15.6. The van der Waals surface area contributed by atoms with Crippen LogP contribution in [0, 0.1) is 0 Å². The molecule has 0 aliphatic heterocycles. The molecule has 0 bridgehead atoms. The summed E-state index contributed by atoms with van der Waals surface area (Å²) >= 11 is 0. The first-order valence-corrected chi connectivity index (χ1v) is 8.52. The van der Waals surface area contributed by atoms with Crippen LogP contribution in [0.15, 0.2) is 49.6 Å². The summed E-state index contributed by atoms with van der Waals surface area (Å²) in [5.41, 5.74) is 2.21. The summed E-state index contributed by atoms with van der Waals surface area (Å²) in [4.78, 5) is 0. The third-order valence-electron chi connectivity index (χ3n) is 1.39. The van der Waals surface area contributed by atoms with E-state index in [1.807, 2.05) is 13.0 Å². The molecule has 0 saturated heterocycles. The Kier molecular flexibility index (Phi) is 8.46. The minimum absolute atomic E-state index is 0.912. The fraction of sp³-hybridized carbons (Fsp3) is 0.385. The van der Waals surface area contributed by atoms with Crippen LogP contribution in [0.3, 0.4) is 0 Å². The summed E-state index contributed by atoms with van der Waals surface area (Å²) in [7, 11) is -0.912. The number of hydrogen-bond donors (Lipinski definition) is 0. The van der Waals surface area contributed by atoms with Crippen LogP contribution in [0.1, 0.15) is 6.92 Å². The maximum absolute atomic E-state index is 3.88. The van der Waals surface area contributed by atoms with Crippen molar-refractivity contribution >= 4 is 8.07 Å². The van der Waals surface area contributed by atoms with Crippen LogP contribution in [-0.2, 0) is 0 Å². The number of rotatable bonds is 4. The molecule has 0 amide bonds. The van der Waals surface area contributed by atoms with Gasteiger partial charge >= 0.3 is 0 Å². The smallest absolute Gasteiger partial charge is 0.0486 e. The summed E-state index contributed by atoms with van der Waals surface area (Å²) in [5, 5.41) is 0. The van der Waals surface area contributed by atoms with Gasteiger partial charge in [-0.3, -0.25) is 0 Å². The van der Waals surface area contributed by atoms with Gasteiger partial charge in [0.1, 0.15) is 0 Å². The summed E-state index contributed by atoms with van der Waals surface area (Å²) in [5.74, 6) is 0. The van der Waals surface area contributed by atoms with E-state index in [-0.39, 0.29) is 0 Å². The van der Waals surface area contributed by atoms with Gasteiger partial charge in [-0.1, -0.05) is 69.3 Å². The zero-order valence-corrected chi connectivity index (χ0v) is 11.2. The Bertz CT molecular complexity index is 216. The van der Waals surface area contributed by atoms with Gasteiger partial charge in [-0.2, -0.15) is 0 Å². The van der Waals surface area contributed by atoms with E-state index >= 15 is 0 Å². The van der Waals surface area contributed by atoms with Crippen molar-refractivity contribution < 1.29 is 0 Å². The van der Waals surface area contributed by atoms with Crippen molar-refractivity contribution in [2.75, 3.05) is 0 Å². The van der Waals surface area contributed by atoms with Crippen molar-refractivity contribution in [3.8, 4) is 0 Å². The molecule has 14 heavy (non-hydrogen) atoms. The number of hydrogen-bond acceptors (Lipinski definition) is 0. The third-order valence-corrected chi connectivity index (χ3v) is 2.91. The molecule has 0 fully saturated rings. The molecule has 0 nitrogen and oxygen atoms in total. The molecule has 80 valence electrons. The predicted octanol–water partition coefficient (Wildman–Crippen LogP) is 4.82. The van der Waals surface area contributed by atoms with E-state index in [4.69, 9.17) is 0 Å². The van der Waals surface area contributed by atoms with Gasteiger partial charge in [0.25, 0.3) is 0 Å². The van der Waals surface area contributed by atoms with Crippen LogP contribution < -0.4 is 0 Å². The Morgan fingerprint density at radius 3 is 1.50 bits per heavy atom. The summed E-state index contributed by atoms with van der Waals surface area (Å²) in [6.45, 7) is 23.5. The predicted molar refractivity (Wildman–Crippen MR) is 72.5 cm³/mol. The van der Waals surface area contributed by atoms with Gasteiger partial charge < -0.3 is 0 Å². The van der Waals surface area contributed by atoms with E-state index in [1.165, 1.54) is 11.6 Å². The Balaban J connectivity index is 0. The molecule has 0 aromatic heterocycles. The Morgan fingerprint density at radius 1 is 1.07 bits per heavy atom. The summed E-state index contributed by atoms with van der Waals surface area (Å²) < 4.78 is 0. The van der Waals surface area contributed by atoms with Gasteiger partial charge in [0.05, 0.1) is 0 Å². The van der Waals surface area contributed by atoms with Gasteiger partial charge in [-0.05, 0) is 13.0 Å². The van der Waals surface area contributed by atoms with Crippen molar-refractivity contribution in [3.05, 3.63) is 49.6 Å². The molecule has 0 aromatic carbocycles. The Morgan fingerprint density at radius 2 is 1.43 bits per heavy atom. The normalized spacial score (nSPS) is 9.43. The quantitative estimate of drug-likeness (QED) is 0.459. The molecular weight excluding hydrogens is 184 g/mol. The second-order valence-electron chi connectivity index (χ2n) is 4.65. The highest BCUT2D eigenvalue weighted by Crippen LogP contribution is 2.14. The Hall–Kier alpha value is -0.823. The van der Waals surface area contributed by atoms with Crippen molar-refractivity contribution in [2.24, 2.45) is 0 Å². The molecule has 0 rings (SSSR count). The largest absolute Gasteiger partial charge is 0.0988 e. The molecule has 0 spiro atoms. The SMILES string of the molecule is C=CC(=C)C.C=CC(=C)C[Si](C)(C)C. The molecule has 0 radical (unpaired) electrons. The van der Waals surface area contributed by atoms with Gasteiger partial charge in [-0.25, -0.2) is 0 Å². The fourth-order valence-electron chi connectivity index (χ4n) is 0.753. The van der Waals surface area contributed by atoms with Crippen molar-refractivity contribution in [1.29, 1.82) is 0 Å². The lowest BCUT2D eigenvalue weighted by Crippen LogP contribution is -2.19. The standard InChI is InChI=1S/C8H16Si.C5H8/c1-6-8(2)7-9(3,4)5;1-4-5(2)3/h6H,1-2,7H2,3-5H3;4H,1-2H2,3H3. The zero-order valence-electron chi connectivity index (χ0n) is 10.2. The second kappa shape index (κ2) is 7.57. The van der Waals surface area contributed by atoms with Gasteiger partial charge in [-0.15, -0.1) is 0 Å². The topological polar surface area (TPSA) is 0 Å². The molecule has 0 aliphatic rings. The first-order chi connectivity index (χ1) is 6.22. The van der Waals surface area contributed by atoms with Crippen molar-refractivity contribution in [3.63, 3.8) is 0 Å². The minimum atomic E-state index is -0.912. The van der Waals surface area contributed by atoms with Crippen molar-refractivity contribution in [2.45, 2.75) is 32.6 Å². The van der Waals surface area contributed by atoms with Crippen LogP contribution in [0.25, 0.3) is 0 Å². The van der Waals surface area contributed by atoms with Crippen LogP contribution in [0.2, 0.25) is 25.7 Å². The van der Waals surface area contributed by atoms with E-state index in [9.17, 15) is 0 Å². The summed E-state index contributed by atoms with van der Waals surface area (Å²) in [6.07, 6.45) is 3.58. The van der Waals surface area contributed by atoms with Crippen molar-refractivity contribution in [1.82, 2.24) is 0 Å². The first-order valence-electron chi connectivity index (χ1n) is 4.81. The van der Waals surface area contributed by atoms with Gasteiger partial charge in [0, 0.05) is 8.07 Å². The molecule has 0 heterocycles. The molecule has 0 N–H and O–H groups in total. The maximum atomic E-state index is 3.88. The van der Waals surface area contributed by atoms with Gasteiger partial charge in [0.15, 0.2) is 0 Å². The second-order valence-corrected chi connectivity index (χ2v) is 10.1. The highest BCUT2D eigenvalue weighted by molar-refractivity contribution is 6.76.